The fraction of sp³-hybridized carbons (Fsp3) is 0.438. The Morgan fingerprint density at radius 3 is 2.71 bits per heavy atom. The third-order valence-corrected chi connectivity index (χ3v) is 4.32. The summed E-state index contributed by atoms with van der Waals surface area (Å²) in [6, 6.07) is 5.30. The van der Waals surface area contributed by atoms with E-state index < -0.39 is 0 Å². The maximum atomic E-state index is 14.2. The molecule has 3 nitrogen and oxygen atoms in total. The fourth-order valence-corrected chi connectivity index (χ4v) is 3.13. The second-order valence-electron chi connectivity index (χ2n) is 5.12. The van der Waals surface area contributed by atoms with E-state index in [4.69, 9.17) is 4.74 Å². The molecule has 0 radical (unpaired) electrons. The molecular weight excluding hydrogens is 287 g/mol. The van der Waals surface area contributed by atoms with Crippen LogP contribution in [-0.2, 0) is 13.0 Å². The van der Waals surface area contributed by atoms with Crippen molar-refractivity contribution in [3.05, 3.63) is 34.6 Å². The molecule has 0 saturated heterocycles. The van der Waals surface area contributed by atoms with Crippen molar-refractivity contribution < 1.29 is 9.13 Å². The summed E-state index contributed by atoms with van der Waals surface area (Å²) in [7, 11) is 1.53. The summed E-state index contributed by atoms with van der Waals surface area (Å²) in [6.45, 7) is 7.06. The molecule has 0 amide bonds. The number of methoxy groups -OCH3 is 1. The van der Waals surface area contributed by atoms with E-state index in [9.17, 15) is 4.39 Å². The average Bonchev–Trinajstić information content (AvgIpc) is 2.87. The Labute approximate surface area is 129 Å². The van der Waals surface area contributed by atoms with Crippen molar-refractivity contribution >= 4 is 11.3 Å². The zero-order valence-electron chi connectivity index (χ0n) is 12.9. The second-order valence-corrected chi connectivity index (χ2v) is 6.21. The lowest BCUT2D eigenvalue weighted by atomic mass is 10.2. The van der Waals surface area contributed by atoms with E-state index in [1.807, 2.05) is 0 Å². The molecule has 0 saturated carbocycles. The van der Waals surface area contributed by atoms with Gasteiger partial charge in [-0.15, -0.1) is 11.3 Å². The molecule has 0 aliphatic carbocycles. The number of hydrogen-bond donors (Lipinski definition) is 1. The molecule has 1 aromatic carbocycles. The fourth-order valence-electron chi connectivity index (χ4n) is 2.01. The van der Waals surface area contributed by atoms with Gasteiger partial charge in [0, 0.05) is 29.1 Å². The zero-order valence-corrected chi connectivity index (χ0v) is 13.7. The highest BCUT2D eigenvalue weighted by Crippen LogP contribution is 2.32. The standard InChI is InChI=1S/C16H21FN2OS/c1-5-14-15(9-18-10(2)3)21-16(19-14)12-7-6-11(20-4)8-13(12)17/h6-8,10,18H,5,9H2,1-4H3. The zero-order chi connectivity index (χ0) is 15.4. The van der Waals surface area contributed by atoms with Crippen LogP contribution in [-0.4, -0.2) is 18.1 Å². The van der Waals surface area contributed by atoms with E-state index in [2.05, 4.69) is 31.1 Å². The van der Waals surface area contributed by atoms with Crippen molar-refractivity contribution in [3.63, 3.8) is 0 Å². The molecule has 0 spiro atoms. The van der Waals surface area contributed by atoms with E-state index in [0.717, 1.165) is 23.7 Å². The number of nitrogens with zero attached hydrogens (tertiary/aromatic N) is 1. The van der Waals surface area contributed by atoms with Gasteiger partial charge in [0.25, 0.3) is 0 Å². The van der Waals surface area contributed by atoms with Gasteiger partial charge in [0.15, 0.2) is 0 Å². The Hall–Kier alpha value is -1.46. The van der Waals surface area contributed by atoms with Gasteiger partial charge in [-0.2, -0.15) is 0 Å². The third-order valence-electron chi connectivity index (χ3n) is 3.19. The number of rotatable bonds is 6. The largest absolute Gasteiger partial charge is 0.497 e. The molecule has 0 bridgehead atoms. The van der Waals surface area contributed by atoms with Gasteiger partial charge in [-0.3, -0.25) is 0 Å². The van der Waals surface area contributed by atoms with Crippen LogP contribution in [0.15, 0.2) is 18.2 Å². The monoisotopic (exact) mass is 308 g/mol. The van der Waals surface area contributed by atoms with Crippen LogP contribution >= 0.6 is 11.3 Å². The third kappa shape index (κ3) is 3.80. The number of aryl methyl sites for hydroxylation is 1. The van der Waals surface area contributed by atoms with Gasteiger partial charge < -0.3 is 10.1 Å². The SMILES string of the molecule is CCc1nc(-c2ccc(OC)cc2F)sc1CNC(C)C. The van der Waals surface area contributed by atoms with Crippen molar-refractivity contribution in [2.75, 3.05) is 7.11 Å². The number of hydrogen-bond acceptors (Lipinski definition) is 4. The summed E-state index contributed by atoms with van der Waals surface area (Å²) >= 11 is 1.55. The summed E-state index contributed by atoms with van der Waals surface area (Å²) in [5, 5.41) is 4.12. The number of halogens is 1. The van der Waals surface area contributed by atoms with E-state index in [-0.39, 0.29) is 5.82 Å². The van der Waals surface area contributed by atoms with Crippen LogP contribution in [0.3, 0.4) is 0 Å². The van der Waals surface area contributed by atoms with Gasteiger partial charge in [0.2, 0.25) is 0 Å². The number of nitrogens with one attached hydrogen (secondary N) is 1. The Morgan fingerprint density at radius 2 is 2.14 bits per heavy atom. The number of aromatic nitrogens is 1. The summed E-state index contributed by atoms with van der Waals surface area (Å²) in [4.78, 5) is 5.77. The minimum Gasteiger partial charge on any atom is -0.497 e. The van der Waals surface area contributed by atoms with E-state index in [1.165, 1.54) is 18.1 Å². The first kappa shape index (κ1) is 15.9. The first-order valence-corrected chi connectivity index (χ1v) is 7.92. The molecule has 1 heterocycles. The van der Waals surface area contributed by atoms with Crippen LogP contribution in [0.1, 0.15) is 31.3 Å². The minimum absolute atomic E-state index is 0.297. The van der Waals surface area contributed by atoms with Gasteiger partial charge in [-0.05, 0) is 18.6 Å². The quantitative estimate of drug-likeness (QED) is 0.875. The van der Waals surface area contributed by atoms with Crippen LogP contribution in [0.2, 0.25) is 0 Å². The Balaban J connectivity index is 2.32. The Morgan fingerprint density at radius 1 is 1.38 bits per heavy atom. The van der Waals surface area contributed by atoms with Crippen LogP contribution in [0.5, 0.6) is 5.75 Å². The second kappa shape index (κ2) is 7.00. The molecule has 0 aliphatic heterocycles. The predicted molar refractivity (Wildman–Crippen MR) is 85.4 cm³/mol. The van der Waals surface area contributed by atoms with E-state index in [0.29, 0.717) is 17.4 Å². The van der Waals surface area contributed by atoms with Crippen LogP contribution < -0.4 is 10.1 Å². The molecule has 0 atom stereocenters. The molecule has 2 rings (SSSR count). The Kier molecular flexibility index (Phi) is 5.31. The van der Waals surface area contributed by atoms with Gasteiger partial charge in [-0.25, -0.2) is 9.37 Å². The van der Waals surface area contributed by atoms with Crippen LogP contribution in [0, 0.1) is 5.82 Å². The van der Waals surface area contributed by atoms with Gasteiger partial charge in [0.05, 0.1) is 12.8 Å². The number of ether oxygens (including phenoxy) is 1. The normalized spacial score (nSPS) is 11.1. The van der Waals surface area contributed by atoms with Crippen molar-refractivity contribution in [1.82, 2.24) is 10.3 Å². The summed E-state index contributed by atoms with van der Waals surface area (Å²) in [5.41, 5.74) is 1.57. The summed E-state index contributed by atoms with van der Waals surface area (Å²) < 4.78 is 19.2. The average molecular weight is 308 g/mol. The van der Waals surface area contributed by atoms with E-state index >= 15 is 0 Å². The molecule has 1 aromatic heterocycles. The lowest BCUT2D eigenvalue weighted by Crippen LogP contribution is -2.21. The maximum absolute atomic E-state index is 14.2. The van der Waals surface area contributed by atoms with Crippen LogP contribution in [0.4, 0.5) is 4.39 Å². The molecule has 2 aromatic rings. The topological polar surface area (TPSA) is 34.1 Å². The van der Waals surface area contributed by atoms with Crippen molar-refractivity contribution in [1.29, 1.82) is 0 Å². The van der Waals surface area contributed by atoms with E-state index in [1.54, 1.807) is 23.5 Å². The molecule has 0 unspecified atom stereocenters. The first-order valence-electron chi connectivity index (χ1n) is 7.11. The molecule has 114 valence electrons. The van der Waals surface area contributed by atoms with Gasteiger partial charge in [-0.1, -0.05) is 20.8 Å². The maximum Gasteiger partial charge on any atom is 0.137 e. The van der Waals surface area contributed by atoms with Crippen LogP contribution in [0.25, 0.3) is 10.6 Å². The highest BCUT2D eigenvalue weighted by molar-refractivity contribution is 7.15. The summed E-state index contributed by atoms with van der Waals surface area (Å²) in [6.07, 6.45) is 0.851. The van der Waals surface area contributed by atoms with Gasteiger partial charge >= 0.3 is 0 Å². The number of benzene rings is 1. The molecule has 0 aliphatic rings. The molecule has 5 heteroatoms. The number of thiazole rings is 1. The Bertz CT molecular complexity index is 610. The predicted octanol–water partition coefficient (Wildman–Crippen LogP) is 4.02. The lowest BCUT2D eigenvalue weighted by Gasteiger charge is -2.06. The van der Waals surface area contributed by atoms with Gasteiger partial charge in [0.1, 0.15) is 16.6 Å². The van der Waals surface area contributed by atoms with Crippen molar-refractivity contribution in [3.8, 4) is 16.3 Å². The highest BCUT2D eigenvalue weighted by atomic mass is 32.1. The molecular formula is C16H21FN2OS. The minimum atomic E-state index is -0.297. The first-order chi connectivity index (χ1) is 10.0. The van der Waals surface area contributed by atoms with Crippen molar-refractivity contribution in [2.24, 2.45) is 0 Å². The summed E-state index contributed by atoms with van der Waals surface area (Å²) in [5.74, 6) is 0.222. The molecule has 21 heavy (non-hydrogen) atoms. The molecule has 1 N–H and O–H groups in total. The highest BCUT2D eigenvalue weighted by Gasteiger charge is 2.15. The molecule has 0 fully saturated rings. The smallest absolute Gasteiger partial charge is 0.137 e. The van der Waals surface area contributed by atoms with Crippen molar-refractivity contribution in [2.45, 2.75) is 39.8 Å². The lowest BCUT2D eigenvalue weighted by molar-refractivity contribution is 0.411.